The summed E-state index contributed by atoms with van der Waals surface area (Å²) in [6.07, 6.45) is 2.02. The summed E-state index contributed by atoms with van der Waals surface area (Å²) in [6, 6.07) is 16.8. The number of carbonyl (C=O) groups is 1. The number of ether oxygens (including phenoxy) is 3. The van der Waals surface area contributed by atoms with Gasteiger partial charge in [0.2, 0.25) is 0 Å². The van der Waals surface area contributed by atoms with E-state index >= 15 is 0 Å². The largest absolute Gasteiger partial charge is 0.508 e. The third kappa shape index (κ3) is 4.31. The van der Waals surface area contributed by atoms with E-state index in [0.717, 1.165) is 24.8 Å². The van der Waals surface area contributed by atoms with Crippen LogP contribution in [0.1, 0.15) is 58.3 Å². The molecule has 170 valence electrons. The van der Waals surface area contributed by atoms with Crippen LogP contribution in [0, 0.1) is 12.7 Å². The lowest BCUT2D eigenvalue weighted by atomic mass is 9.80. The highest BCUT2D eigenvalue weighted by molar-refractivity contribution is 6.05. The van der Waals surface area contributed by atoms with Gasteiger partial charge < -0.3 is 19.3 Å². The van der Waals surface area contributed by atoms with E-state index in [0.29, 0.717) is 23.5 Å². The van der Waals surface area contributed by atoms with E-state index in [1.54, 1.807) is 49.4 Å². The predicted molar refractivity (Wildman–Crippen MR) is 120 cm³/mol. The highest BCUT2D eigenvalue weighted by Gasteiger charge is 2.41. The molecular formula is C27H25FO5. The number of rotatable bonds is 4. The van der Waals surface area contributed by atoms with Gasteiger partial charge in [-0.15, -0.1) is 0 Å². The highest BCUT2D eigenvalue weighted by atomic mass is 19.1. The predicted octanol–water partition coefficient (Wildman–Crippen LogP) is 5.85. The van der Waals surface area contributed by atoms with Crippen LogP contribution in [0.3, 0.4) is 0 Å². The average Bonchev–Trinajstić information content (AvgIpc) is 2.80. The molecule has 0 aliphatic carbocycles. The van der Waals surface area contributed by atoms with Gasteiger partial charge in [-0.05, 0) is 72.9 Å². The van der Waals surface area contributed by atoms with E-state index in [-0.39, 0.29) is 29.1 Å². The Hall–Kier alpha value is -3.38. The van der Waals surface area contributed by atoms with Crippen molar-refractivity contribution in [3.8, 4) is 17.2 Å². The first-order chi connectivity index (χ1) is 16.0. The van der Waals surface area contributed by atoms with Gasteiger partial charge in [0.05, 0.1) is 18.1 Å². The molecule has 0 bridgehead atoms. The Labute approximate surface area is 191 Å². The topological polar surface area (TPSA) is 65.0 Å². The number of ketones is 1. The maximum absolute atomic E-state index is 14.8. The Morgan fingerprint density at radius 2 is 1.73 bits per heavy atom. The first kappa shape index (κ1) is 21.5. The van der Waals surface area contributed by atoms with Crippen LogP contribution in [0.2, 0.25) is 0 Å². The zero-order valence-corrected chi connectivity index (χ0v) is 18.3. The number of halogens is 1. The van der Waals surface area contributed by atoms with E-state index in [1.165, 1.54) is 6.07 Å². The summed E-state index contributed by atoms with van der Waals surface area (Å²) in [5.74, 6) is -0.667. The number of fused-ring (bicyclic) bond motifs is 1. The summed E-state index contributed by atoms with van der Waals surface area (Å²) in [6.45, 7) is 2.45. The van der Waals surface area contributed by atoms with Crippen molar-refractivity contribution in [2.45, 2.75) is 44.5 Å². The summed E-state index contributed by atoms with van der Waals surface area (Å²) < 4.78 is 32.6. The third-order valence-electron chi connectivity index (χ3n) is 6.15. The lowest BCUT2D eigenvalue weighted by Crippen LogP contribution is -2.31. The van der Waals surface area contributed by atoms with E-state index in [9.17, 15) is 14.3 Å². The standard InChI is InChI=1S/C27H25FO5/c1-16-14-21(28)25-22(15-16)33-27(18-5-9-19(29)10-6-18)24(26(25)30)17-7-11-20(12-8-17)32-23-4-2-3-13-31-23/h5-12,14-15,23-24,27,29H,2-4,13H2,1H3. The number of carbonyl (C=O) groups excluding carboxylic acids is 1. The smallest absolute Gasteiger partial charge is 0.199 e. The van der Waals surface area contributed by atoms with Crippen molar-refractivity contribution in [2.24, 2.45) is 0 Å². The molecule has 1 N–H and O–H groups in total. The minimum Gasteiger partial charge on any atom is -0.508 e. The van der Waals surface area contributed by atoms with E-state index in [2.05, 4.69) is 0 Å². The van der Waals surface area contributed by atoms with Crippen LogP contribution in [-0.2, 0) is 4.74 Å². The molecule has 0 saturated carbocycles. The van der Waals surface area contributed by atoms with Crippen LogP contribution in [0.15, 0.2) is 60.7 Å². The molecule has 2 heterocycles. The first-order valence-electron chi connectivity index (χ1n) is 11.2. The minimum atomic E-state index is -0.751. The van der Waals surface area contributed by atoms with Crippen molar-refractivity contribution < 1.29 is 28.5 Å². The number of aryl methyl sites for hydroxylation is 1. The summed E-state index contributed by atoms with van der Waals surface area (Å²) in [5, 5.41) is 9.70. The number of benzene rings is 3. The van der Waals surface area contributed by atoms with Crippen molar-refractivity contribution in [3.05, 3.63) is 88.7 Å². The number of phenolic OH excluding ortho intramolecular Hbond substituents is 1. The lowest BCUT2D eigenvalue weighted by Gasteiger charge is -2.33. The molecule has 0 spiro atoms. The Morgan fingerprint density at radius 3 is 2.42 bits per heavy atom. The summed E-state index contributed by atoms with van der Waals surface area (Å²) in [5.41, 5.74) is 2.06. The second-order valence-corrected chi connectivity index (χ2v) is 8.57. The fourth-order valence-electron chi connectivity index (χ4n) is 4.50. The molecule has 2 aliphatic heterocycles. The molecular weight excluding hydrogens is 423 g/mol. The molecule has 5 rings (SSSR count). The van der Waals surface area contributed by atoms with Gasteiger partial charge in [-0.2, -0.15) is 0 Å². The number of phenols is 1. The quantitative estimate of drug-likeness (QED) is 0.543. The maximum Gasteiger partial charge on any atom is 0.199 e. The van der Waals surface area contributed by atoms with Gasteiger partial charge in [0, 0.05) is 6.42 Å². The average molecular weight is 448 g/mol. The zero-order chi connectivity index (χ0) is 22.9. The van der Waals surface area contributed by atoms with Gasteiger partial charge in [0.1, 0.15) is 29.2 Å². The van der Waals surface area contributed by atoms with Crippen molar-refractivity contribution >= 4 is 5.78 Å². The van der Waals surface area contributed by atoms with E-state index in [4.69, 9.17) is 14.2 Å². The summed E-state index contributed by atoms with van der Waals surface area (Å²) in [4.78, 5) is 13.6. The molecule has 0 amide bonds. The zero-order valence-electron chi connectivity index (χ0n) is 18.3. The molecule has 3 aromatic rings. The second kappa shape index (κ2) is 8.87. The molecule has 2 aliphatic rings. The summed E-state index contributed by atoms with van der Waals surface area (Å²) >= 11 is 0. The molecule has 6 heteroatoms. The molecule has 3 atom stereocenters. The number of hydrogen-bond donors (Lipinski definition) is 1. The Balaban J connectivity index is 1.50. The van der Waals surface area contributed by atoms with Crippen LogP contribution in [0.4, 0.5) is 4.39 Å². The van der Waals surface area contributed by atoms with Crippen molar-refractivity contribution in [1.29, 1.82) is 0 Å². The maximum atomic E-state index is 14.8. The van der Waals surface area contributed by atoms with Gasteiger partial charge >= 0.3 is 0 Å². The van der Waals surface area contributed by atoms with E-state index < -0.39 is 17.8 Å². The lowest BCUT2D eigenvalue weighted by molar-refractivity contribution is -0.105. The highest BCUT2D eigenvalue weighted by Crippen LogP contribution is 2.45. The van der Waals surface area contributed by atoms with Gasteiger partial charge in [0.25, 0.3) is 0 Å². The first-order valence-corrected chi connectivity index (χ1v) is 11.2. The van der Waals surface area contributed by atoms with Gasteiger partial charge in [-0.25, -0.2) is 4.39 Å². The van der Waals surface area contributed by atoms with Crippen molar-refractivity contribution in [3.63, 3.8) is 0 Å². The van der Waals surface area contributed by atoms with E-state index in [1.807, 2.05) is 12.1 Å². The Morgan fingerprint density at radius 1 is 1.00 bits per heavy atom. The van der Waals surface area contributed by atoms with Crippen LogP contribution in [0.5, 0.6) is 17.2 Å². The van der Waals surface area contributed by atoms with Gasteiger partial charge in [-0.1, -0.05) is 24.3 Å². The van der Waals surface area contributed by atoms with Crippen LogP contribution in [-0.4, -0.2) is 23.8 Å². The molecule has 1 saturated heterocycles. The minimum absolute atomic E-state index is 0.0310. The molecule has 1 fully saturated rings. The number of hydrogen-bond acceptors (Lipinski definition) is 5. The molecule has 33 heavy (non-hydrogen) atoms. The molecule has 0 radical (unpaired) electrons. The fraction of sp³-hybridized carbons (Fsp3) is 0.296. The number of Topliss-reactive ketones (excluding diaryl/α,β-unsaturated/α-hetero) is 1. The van der Waals surface area contributed by atoms with Gasteiger partial charge in [-0.3, -0.25) is 4.79 Å². The van der Waals surface area contributed by atoms with Crippen LogP contribution < -0.4 is 9.47 Å². The Bertz CT molecular complexity index is 1150. The van der Waals surface area contributed by atoms with Gasteiger partial charge in [0.15, 0.2) is 12.1 Å². The molecule has 5 nitrogen and oxygen atoms in total. The molecule has 3 unspecified atom stereocenters. The number of aromatic hydroxyl groups is 1. The van der Waals surface area contributed by atoms with Crippen LogP contribution in [0.25, 0.3) is 0 Å². The third-order valence-corrected chi connectivity index (χ3v) is 6.15. The van der Waals surface area contributed by atoms with Crippen molar-refractivity contribution in [2.75, 3.05) is 6.61 Å². The SMILES string of the molecule is Cc1cc(F)c2c(c1)OC(c1ccc(O)cc1)C(c1ccc(OC3CCCCO3)cc1)C2=O. The molecule has 3 aromatic carbocycles. The Kier molecular flexibility index (Phi) is 5.77. The monoisotopic (exact) mass is 448 g/mol. The molecule has 0 aromatic heterocycles. The van der Waals surface area contributed by atoms with Crippen LogP contribution >= 0.6 is 0 Å². The normalized spacial score (nSPS) is 22.4. The summed E-state index contributed by atoms with van der Waals surface area (Å²) in [7, 11) is 0. The van der Waals surface area contributed by atoms with Crippen molar-refractivity contribution in [1.82, 2.24) is 0 Å². The second-order valence-electron chi connectivity index (χ2n) is 8.57. The fourth-order valence-corrected chi connectivity index (χ4v) is 4.50.